The molecule has 0 bridgehead atoms. The van der Waals surface area contributed by atoms with Crippen LogP contribution in [0.2, 0.25) is 0 Å². The van der Waals surface area contributed by atoms with E-state index in [1.54, 1.807) is 11.3 Å². The van der Waals surface area contributed by atoms with Gasteiger partial charge in [-0.2, -0.15) is 0 Å². The first kappa shape index (κ1) is 26.9. The molecule has 0 fully saturated rings. The Morgan fingerprint density at radius 2 is 1.69 bits per heavy atom. The van der Waals surface area contributed by atoms with Gasteiger partial charge in [0.1, 0.15) is 5.01 Å². The molecule has 5 nitrogen and oxygen atoms in total. The minimum atomic E-state index is -0.795. The van der Waals surface area contributed by atoms with Crippen LogP contribution in [-0.2, 0) is 24.2 Å². The topological polar surface area (TPSA) is 65.5 Å². The molecule has 0 unspecified atom stereocenters. The zero-order valence-electron chi connectivity index (χ0n) is 21.5. The number of aromatic nitrogens is 1. The molecular weight excluding hydrogens is 454 g/mol. The lowest BCUT2D eigenvalue weighted by Crippen LogP contribution is -2.30. The van der Waals surface area contributed by atoms with Gasteiger partial charge in [0.15, 0.2) is 0 Å². The van der Waals surface area contributed by atoms with E-state index in [0.29, 0.717) is 18.4 Å². The number of benzene rings is 2. The van der Waals surface area contributed by atoms with Crippen molar-refractivity contribution in [3.8, 4) is 11.3 Å². The molecule has 3 rings (SSSR count). The van der Waals surface area contributed by atoms with Gasteiger partial charge in [-0.3, -0.25) is 9.69 Å². The van der Waals surface area contributed by atoms with Gasteiger partial charge >= 0.3 is 5.97 Å². The molecule has 0 saturated heterocycles. The molecule has 6 heteroatoms. The number of carboxylic acids is 1. The highest BCUT2D eigenvalue weighted by atomic mass is 32.1. The summed E-state index contributed by atoms with van der Waals surface area (Å²) in [7, 11) is 0. The third-order valence-corrected chi connectivity index (χ3v) is 6.72. The summed E-state index contributed by atoms with van der Waals surface area (Å²) in [5.74, 6) is 0.431. The normalized spacial score (nSPS) is 11.5. The quantitative estimate of drug-likeness (QED) is 0.265. The van der Waals surface area contributed by atoms with E-state index < -0.39 is 5.97 Å². The fourth-order valence-electron chi connectivity index (χ4n) is 3.98. The van der Waals surface area contributed by atoms with Gasteiger partial charge in [0.25, 0.3) is 0 Å². The van der Waals surface area contributed by atoms with Crippen molar-refractivity contribution in [2.75, 3.05) is 25.0 Å². The maximum absolute atomic E-state index is 11.2. The lowest BCUT2D eigenvalue weighted by atomic mass is 10.0. The summed E-state index contributed by atoms with van der Waals surface area (Å²) in [5, 5.41) is 15.8. The molecule has 35 heavy (non-hydrogen) atoms. The maximum atomic E-state index is 11.2. The van der Waals surface area contributed by atoms with Gasteiger partial charge < -0.3 is 10.4 Å². The summed E-state index contributed by atoms with van der Waals surface area (Å²) in [6.07, 6.45) is 3.09. The number of hydrogen-bond donors (Lipinski definition) is 2. The lowest BCUT2D eigenvalue weighted by Gasteiger charge is -2.19. The standard InChI is InChI=1S/C29H39N3O2S/c1-21(2)14-16-32(19-29(33)34)18-28-31-27(20-35-28)25-9-11-26(12-10-25)30-15-13-23-5-7-24(8-6-23)17-22(3)4/h5-12,20-22,30H,13-19H2,1-4H3,(H,33,34). The Morgan fingerprint density at radius 3 is 2.31 bits per heavy atom. The molecule has 0 radical (unpaired) electrons. The summed E-state index contributed by atoms with van der Waals surface area (Å²) in [6.45, 7) is 11.1. The summed E-state index contributed by atoms with van der Waals surface area (Å²) in [4.78, 5) is 18.0. The van der Waals surface area contributed by atoms with Gasteiger partial charge in [-0.05, 0) is 60.9 Å². The van der Waals surface area contributed by atoms with Gasteiger partial charge in [0, 0.05) is 23.2 Å². The average molecular weight is 494 g/mol. The van der Waals surface area contributed by atoms with E-state index in [1.807, 2.05) is 4.90 Å². The van der Waals surface area contributed by atoms with E-state index in [0.717, 1.165) is 54.3 Å². The Kier molecular flexibility index (Phi) is 10.3. The van der Waals surface area contributed by atoms with Crippen molar-refractivity contribution in [1.82, 2.24) is 9.88 Å². The van der Waals surface area contributed by atoms with Crippen molar-refractivity contribution in [1.29, 1.82) is 0 Å². The number of rotatable bonds is 14. The number of nitrogens with one attached hydrogen (secondary N) is 1. The minimum absolute atomic E-state index is 0.0457. The molecule has 0 spiro atoms. The Hall–Kier alpha value is -2.70. The van der Waals surface area contributed by atoms with Gasteiger partial charge in [0.2, 0.25) is 0 Å². The molecule has 0 saturated carbocycles. The van der Waals surface area contributed by atoms with Crippen LogP contribution in [0.25, 0.3) is 11.3 Å². The van der Waals surface area contributed by atoms with Crippen LogP contribution < -0.4 is 5.32 Å². The first-order chi connectivity index (χ1) is 16.8. The predicted molar refractivity (Wildman–Crippen MR) is 147 cm³/mol. The van der Waals surface area contributed by atoms with Crippen molar-refractivity contribution in [2.24, 2.45) is 11.8 Å². The number of carbonyl (C=O) groups is 1. The van der Waals surface area contributed by atoms with Crippen molar-refractivity contribution >= 4 is 23.0 Å². The van der Waals surface area contributed by atoms with E-state index in [9.17, 15) is 9.90 Å². The SMILES string of the molecule is CC(C)CCN(CC(=O)O)Cc1nc(-c2ccc(NCCc3ccc(CC(C)C)cc3)cc2)cs1. The fourth-order valence-corrected chi connectivity index (χ4v) is 4.82. The molecule has 1 aromatic heterocycles. The molecule has 0 amide bonds. The number of carboxylic acid groups (broad SMARTS) is 1. The summed E-state index contributed by atoms with van der Waals surface area (Å²) < 4.78 is 0. The summed E-state index contributed by atoms with van der Waals surface area (Å²) in [6, 6.07) is 17.4. The van der Waals surface area contributed by atoms with E-state index in [2.05, 4.69) is 86.9 Å². The lowest BCUT2D eigenvalue weighted by molar-refractivity contribution is -0.138. The Bertz CT molecular complexity index is 1040. The van der Waals surface area contributed by atoms with Gasteiger partial charge in [-0.1, -0.05) is 64.1 Å². The third kappa shape index (κ3) is 9.46. The molecule has 2 N–H and O–H groups in total. The first-order valence-electron chi connectivity index (χ1n) is 12.6. The van der Waals surface area contributed by atoms with Crippen LogP contribution in [0.1, 0.15) is 50.3 Å². The van der Waals surface area contributed by atoms with Gasteiger partial charge in [-0.25, -0.2) is 4.98 Å². The zero-order valence-corrected chi connectivity index (χ0v) is 22.3. The first-order valence-corrected chi connectivity index (χ1v) is 13.5. The number of nitrogens with zero attached hydrogens (tertiary/aromatic N) is 2. The molecule has 3 aromatic rings. The predicted octanol–water partition coefficient (Wildman–Crippen LogP) is 6.60. The van der Waals surface area contributed by atoms with Crippen LogP contribution in [0.5, 0.6) is 0 Å². The molecule has 0 aliphatic rings. The molecule has 2 aromatic carbocycles. The number of aliphatic carboxylic acids is 1. The zero-order chi connectivity index (χ0) is 25.2. The highest BCUT2D eigenvalue weighted by Gasteiger charge is 2.14. The van der Waals surface area contributed by atoms with E-state index >= 15 is 0 Å². The van der Waals surface area contributed by atoms with Crippen molar-refractivity contribution in [2.45, 2.75) is 53.5 Å². The van der Waals surface area contributed by atoms with Crippen LogP contribution in [-0.4, -0.2) is 40.6 Å². The second-order valence-corrected chi connectivity index (χ2v) is 11.0. The maximum Gasteiger partial charge on any atom is 0.317 e. The average Bonchev–Trinajstić information content (AvgIpc) is 3.27. The van der Waals surface area contributed by atoms with Crippen molar-refractivity contribution < 1.29 is 9.90 Å². The van der Waals surface area contributed by atoms with E-state index in [1.165, 1.54) is 11.1 Å². The minimum Gasteiger partial charge on any atom is -0.480 e. The van der Waals surface area contributed by atoms with Crippen LogP contribution in [0.3, 0.4) is 0 Å². The Morgan fingerprint density at radius 1 is 1.00 bits per heavy atom. The molecule has 188 valence electrons. The molecule has 0 aliphatic carbocycles. The van der Waals surface area contributed by atoms with Crippen molar-refractivity contribution in [3.05, 3.63) is 70.0 Å². The smallest absolute Gasteiger partial charge is 0.317 e. The summed E-state index contributed by atoms with van der Waals surface area (Å²) in [5.41, 5.74) is 5.87. The van der Waals surface area contributed by atoms with E-state index in [-0.39, 0.29) is 6.54 Å². The van der Waals surface area contributed by atoms with Crippen LogP contribution in [0.15, 0.2) is 53.9 Å². The second kappa shape index (κ2) is 13.4. The highest BCUT2D eigenvalue weighted by Crippen LogP contribution is 2.24. The fraction of sp³-hybridized carbons (Fsp3) is 0.448. The number of anilines is 1. The molecular formula is C29H39N3O2S. The van der Waals surface area contributed by atoms with Crippen LogP contribution in [0, 0.1) is 11.8 Å². The third-order valence-electron chi connectivity index (χ3n) is 5.88. The molecule has 1 heterocycles. The van der Waals surface area contributed by atoms with Crippen LogP contribution >= 0.6 is 11.3 Å². The number of hydrogen-bond acceptors (Lipinski definition) is 5. The van der Waals surface area contributed by atoms with E-state index in [4.69, 9.17) is 4.98 Å². The number of thiazole rings is 1. The Balaban J connectivity index is 1.51. The molecule has 0 aliphatic heterocycles. The second-order valence-electron chi connectivity index (χ2n) is 10.1. The van der Waals surface area contributed by atoms with Crippen molar-refractivity contribution in [3.63, 3.8) is 0 Å². The monoisotopic (exact) mass is 493 g/mol. The summed E-state index contributed by atoms with van der Waals surface area (Å²) >= 11 is 1.59. The highest BCUT2D eigenvalue weighted by molar-refractivity contribution is 7.09. The van der Waals surface area contributed by atoms with Gasteiger partial charge in [0.05, 0.1) is 18.8 Å². The van der Waals surface area contributed by atoms with Crippen LogP contribution in [0.4, 0.5) is 5.69 Å². The Labute approximate surface area is 214 Å². The van der Waals surface area contributed by atoms with Gasteiger partial charge in [-0.15, -0.1) is 11.3 Å². The largest absolute Gasteiger partial charge is 0.480 e. The molecule has 0 atom stereocenters.